The predicted molar refractivity (Wildman–Crippen MR) is 77.8 cm³/mol. The molecule has 0 saturated carbocycles. The van der Waals surface area contributed by atoms with Crippen molar-refractivity contribution in [2.75, 3.05) is 11.9 Å². The maximum absolute atomic E-state index is 13.6. The van der Waals surface area contributed by atoms with E-state index < -0.39 is 29.2 Å². The summed E-state index contributed by atoms with van der Waals surface area (Å²) in [6, 6.07) is 7.11. The minimum atomic E-state index is -1.69. The lowest BCUT2D eigenvalue weighted by molar-refractivity contribution is 0.121. The van der Waals surface area contributed by atoms with Crippen molar-refractivity contribution >= 4 is 5.69 Å². The fourth-order valence-electron chi connectivity index (χ4n) is 2.02. The SMILES string of the molecule is CCCOCc1ccccc1CNc1c(F)c(F)nc(F)c1F. The average molecular weight is 328 g/mol. The molecule has 23 heavy (non-hydrogen) atoms. The molecule has 0 bridgehead atoms. The van der Waals surface area contributed by atoms with Crippen LogP contribution in [-0.4, -0.2) is 11.6 Å². The molecule has 0 aliphatic heterocycles. The summed E-state index contributed by atoms with van der Waals surface area (Å²) in [4.78, 5) is 2.51. The van der Waals surface area contributed by atoms with Crippen LogP contribution in [0.5, 0.6) is 0 Å². The molecular weight excluding hydrogens is 312 g/mol. The van der Waals surface area contributed by atoms with Gasteiger partial charge in [0.15, 0.2) is 0 Å². The van der Waals surface area contributed by atoms with Gasteiger partial charge in [-0.2, -0.15) is 22.5 Å². The molecule has 0 unspecified atom stereocenters. The van der Waals surface area contributed by atoms with Crippen molar-refractivity contribution in [3.63, 3.8) is 0 Å². The summed E-state index contributed by atoms with van der Waals surface area (Å²) in [6.07, 6.45) is 0.867. The van der Waals surface area contributed by atoms with Gasteiger partial charge in [-0.15, -0.1) is 0 Å². The van der Waals surface area contributed by atoms with Crippen molar-refractivity contribution in [2.45, 2.75) is 26.5 Å². The van der Waals surface area contributed by atoms with Crippen LogP contribution in [0.1, 0.15) is 24.5 Å². The molecule has 0 aliphatic carbocycles. The zero-order valence-corrected chi connectivity index (χ0v) is 12.5. The molecule has 3 nitrogen and oxygen atoms in total. The lowest BCUT2D eigenvalue weighted by Gasteiger charge is -2.13. The summed E-state index contributed by atoms with van der Waals surface area (Å²) < 4.78 is 58.7. The number of nitrogens with one attached hydrogen (secondary N) is 1. The highest BCUT2D eigenvalue weighted by Crippen LogP contribution is 2.23. The van der Waals surface area contributed by atoms with Crippen molar-refractivity contribution in [2.24, 2.45) is 0 Å². The van der Waals surface area contributed by atoms with Crippen LogP contribution in [0.2, 0.25) is 0 Å². The van der Waals surface area contributed by atoms with Gasteiger partial charge in [0.2, 0.25) is 11.6 Å². The van der Waals surface area contributed by atoms with Gasteiger partial charge in [0.25, 0.3) is 11.9 Å². The Bertz CT molecular complexity index is 653. The lowest BCUT2D eigenvalue weighted by atomic mass is 10.1. The van der Waals surface area contributed by atoms with Crippen LogP contribution in [0.4, 0.5) is 23.2 Å². The van der Waals surface area contributed by atoms with Gasteiger partial charge in [0.1, 0.15) is 5.69 Å². The summed E-state index contributed by atoms with van der Waals surface area (Å²) >= 11 is 0. The topological polar surface area (TPSA) is 34.1 Å². The largest absolute Gasteiger partial charge is 0.377 e. The van der Waals surface area contributed by atoms with E-state index in [1.54, 1.807) is 18.2 Å². The third-order valence-electron chi connectivity index (χ3n) is 3.18. The highest BCUT2D eigenvalue weighted by Gasteiger charge is 2.20. The Morgan fingerprint density at radius 1 is 1.00 bits per heavy atom. The second kappa shape index (κ2) is 7.92. The van der Waals surface area contributed by atoms with Gasteiger partial charge in [0, 0.05) is 13.2 Å². The van der Waals surface area contributed by atoms with Gasteiger partial charge in [-0.1, -0.05) is 31.2 Å². The van der Waals surface area contributed by atoms with Gasteiger partial charge in [-0.3, -0.25) is 0 Å². The van der Waals surface area contributed by atoms with Crippen molar-refractivity contribution in [1.29, 1.82) is 0 Å². The molecule has 1 N–H and O–H groups in total. The number of halogens is 4. The molecule has 0 atom stereocenters. The zero-order valence-electron chi connectivity index (χ0n) is 12.5. The van der Waals surface area contributed by atoms with Crippen molar-refractivity contribution in [1.82, 2.24) is 4.98 Å². The number of hydrogen-bond donors (Lipinski definition) is 1. The van der Waals surface area contributed by atoms with Crippen molar-refractivity contribution in [3.8, 4) is 0 Å². The van der Waals surface area contributed by atoms with Gasteiger partial charge in [0.05, 0.1) is 6.61 Å². The molecule has 124 valence electrons. The summed E-state index contributed by atoms with van der Waals surface area (Å²) in [5, 5.41) is 2.38. The molecular formula is C16H16F4N2O. The molecule has 0 amide bonds. The molecule has 1 aromatic carbocycles. The molecule has 2 rings (SSSR count). The number of pyridine rings is 1. The van der Waals surface area contributed by atoms with E-state index in [4.69, 9.17) is 4.74 Å². The molecule has 0 saturated heterocycles. The predicted octanol–water partition coefficient (Wildman–Crippen LogP) is 4.18. The van der Waals surface area contributed by atoms with E-state index in [-0.39, 0.29) is 6.54 Å². The van der Waals surface area contributed by atoms with Crippen LogP contribution in [0.25, 0.3) is 0 Å². The van der Waals surface area contributed by atoms with E-state index in [9.17, 15) is 17.6 Å². The first kappa shape index (κ1) is 17.2. The Morgan fingerprint density at radius 3 is 2.22 bits per heavy atom. The summed E-state index contributed by atoms with van der Waals surface area (Å²) in [6.45, 7) is 2.90. The van der Waals surface area contributed by atoms with E-state index in [2.05, 4.69) is 10.3 Å². The summed E-state index contributed by atoms with van der Waals surface area (Å²) in [5.74, 6) is -6.48. The highest BCUT2D eigenvalue weighted by molar-refractivity contribution is 5.46. The third kappa shape index (κ3) is 4.19. The first-order valence-electron chi connectivity index (χ1n) is 7.13. The fraction of sp³-hybridized carbons (Fsp3) is 0.312. The van der Waals surface area contributed by atoms with Gasteiger partial charge >= 0.3 is 0 Å². The maximum atomic E-state index is 13.6. The van der Waals surface area contributed by atoms with Crippen LogP contribution in [0.3, 0.4) is 0 Å². The minimum Gasteiger partial charge on any atom is -0.377 e. The van der Waals surface area contributed by atoms with Gasteiger partial charge in [-0.25, -0.2) is 0 Å². The van der Waals surface area contributed by atoms with Crippen molar-refractivity contribution < 1.29 is 22.3 Å². The van der Waals surface area contributed by atoms with Crippen LogP contribution < -0.4 is 5.32 Å². The average Bonchev–Trinajstić information content (AvgIpc) is 2.54. The minimum absolute atomic E-state index is 0.0115. The van der Waals surface area contributed by atoms with Gasteiger partial charge in [-0.05, 0) is 17.5 Å². The second-order valence-electron chi connectivity index (χ2n) is 4.87. The van der Waals surface area contributed by atoms with Crippen LogP contribution in [0.15, 0.2) is 24.3 Å². The summed E-state index contributed by atoms with van der Waals surface area (Å²) in [5.41, 5.74) is 0.656. The van der Waals surface area contributed by atoms with Gasteiger partial charge < -0.3 is 10.1 Å². The Labute approximate surface area is 131 Å². The number of nitrogens with zero attached hydrogens (tertiary/aromatic N) is 1. The smallest absolute Gasteiger partial charge is 0.253 e. The first-order chi connectivity index (χ1) is 11.0. The highest BCUT2D eigenvalue weighted by atomic mass is 19.2. The monoisotopic (exact) mass is 328 g/mol. The normalized spacial score (nSPS) is 10.8. The fourth-order valence-corrected chi connectivity index (χ4v) is 2.02. The standard InChI is InChI=1S/C16H16F4N2O/c1-2-7-23-9-11-6-4-3-5-10(11)8-21-14-12(17)15(19)22-16(20)13(14)18/h3-6H,2,7-9H2,1H3,(H,21,22). The molecule has 2 aromatic rings. The number of benzene rings is 1. The molecule has 0 spiro atoms. The Kier molecular flexibility index (Phi) is 5.92. The molecule has 0 fully saturated rings. The number of aromatic nitrogens is 1. The third-order valence-corrected chi connectivity index (χ3v) is 3.18. The van der Waals surface area contributed by atoms with E-state index in [0.29, 0.717) is 18.8 Å². The number of hydrogen-bond acceptors (Lipinski definition) is 3. The molecule has 1 aromatic heterocycles. The number of anilines is 1. The molecule has 0 radical (unpaired) electrons. The molecule has 7 heteroatoms. The Hall–Kier alpha value is -2.15. The van der Waals surface area contributed by atoms with Crippen LogP contribution >= 0.6 is 0 Å². The first-order valence-corrected chi connectivity index (χ1v) is 7.13. The quantitative estimate of drug-likeness (QED) is 0.470. The van der Waals surface area contributed by atoms with E-state index >= 15 is 0 Å². The van der Waals surface area contributed by atoms with E-state index in [1.807, 2.05) is 13.0 Å². The van der Waals surface area contributed by atoms with E-state index in [0.717, 1.165) is 12.0 Å². The van der Waals surface area contributed by atoms with Crippen LogP contribution in [0, 0.1) is 23.5 Å². The zero-order chi connectivity index (χ0) is 16.8. The second-order valence-corrected chi connectivity index (χ2v) is 4.87. The molecule has 1 heterocycles. The van der Waals surface area contributed by atoms with Crippen molar-refractivity contribution in [3.05, 3.63) is 58.9 Å². The number of ether oxygens (including phenoxy) is 1. The number of rotatable bonds is 7. The Balaban J connectivity index is 2.16. The summed E-state index contributed by atoms with van der Waals surface area (Å²) in [7, 11) is 0. The van der Waals surface area contributed by atoms with Crippen LogP contribution in [-0.2, 0) is 17.9 Å². The Morgan fingerprint density at radius 2 is 1.61 bits per heavy atom. The molecule has 0 aliphatic rings. The van der Waals surface area contributed by atoms with E-state index in [1.165, 1.54) is 0 Å². The maximum Gasteiger partial charge on any atom is 0.253 e. The lowest BCUT2D eigenvalue weighted by Crippen LogP contribution is -2.10.